The fraction of sp³-hybridized carbons (Fsp3) is 0.455. The Kier molecular flexibility index (Phi) is 3.58. The molecule has 0 bridgehead atoms. The van der Waals surface area contributed by atoms with Gasteiger partial charge in [-0.3, -0.25) is 10.1 Å². The molecule has 0 amide bonds. The summed E-state index contributed by atoms with van der Waals surface area (Å²) in [6.07, 6.45) is 2.23. The number of nitro groups is 1. The first-order valence-corrected chi connectivity index (χ1v) is 6.69. The summed E-state index contributed by atoms with van der Waals surface area (Å²) in [5.74, 6) is 0.382. The average Bonchev–Trinajstić information content (AvgIpc) is 3.08. The topological polar surface area (TPSA) is 52.4 Å². The lowest BCUT2D eigenvalue weighted by atomic mass is 10.2. The van der Waals surface area contributed by atoms with Gasteiger partial charge in [0.2, 0.25) is 0 Å². The Morgan fingerprint density at radius 3 is 2.76 bits per heavy atom. The van der Waals surface area contributed by atoms with E-state index >= 15 is 0 Å². The molecule has 0 spiro atoms. The van der Waals surface area contributed by atoms with Gasteiger partial charge in [-0.2, -0.15) is 0 Å². The van der Waals surface area contributed by atoms with Gasteiger partial charge >= 0.3 is 0 Å². The monoisotopic (exact) mass is 319 g/mol. The van der Waals surface area contributed by atoms with Crippen LogP contribution in [0.25, 0.3) is 0 Å². The summed E-state index contributed by atoms with van der Waals surface area (Å²) in [7, 11) is 0. The summed E-state index contributed by atoms with van der Waals surface area (Å²) in [5.41, 5.74) is 0.182. The zero-order chi connectivity index (χ0) is 12.5. The summed E-state index contributed by atoms with van der Waals surface area (Å²) in [6, 6.07) is 4.22. The van der Waals surface area contributed by atoms with Crippen LogP contribution in [-0.4, -0.2) is 16.9 Å². The van der Waals surface area contributed by atoms with Crippen LogP contribution in [0.1, 0.15) is 12.8 Å². The smallest absolute Gasteiger partial charge is 0.273 e. The van der Waals surface area contributed by atoms with E-state index in [0.717, 1.165) is 18.2 Å². The average molecular weight is 321 g/mol. The lowest BCUT2D eigenvalue weighted by Gasteiger charge is -2.13. The van der Waals surface area contributed by atoms with Crippen molar-refractivity contribution in [3.8, 4) is 5.75 Å². The van der Waals surface area contributed by atoms with Crippen molar-refractivity contribution in [1.29, 1.82) is 0 Å². The molecule has 0 N–H and O–H groups in total. The summed E-state index contributed by atoms with van der Waals surface area (Å²) >= 11 is 9.38. The number of rotatable bonds is 5. The fourth-order valence-electron chi connectivity index (χ4n) is 1.44. The van der Waals surface area contributed by atoms with Gasteiger partial charge in [0.1, 0.15) is 5.75 Å². The third-order valence-corrected chi connectivity index (χ3v) is 4.40. The van der Waals surface area contributed by atoms with Crippen LogP contribution < -0.4 is 4.74 Å². The van der Waals surface area contributed by atoms with Crippen LogP contribution in [0, 0.1) is 15.5 Å². The molecular weight excluding hydrogens is 309 g/mol. The highest BCUT2D eigenvalue weighted by atomic mass is 79.9. The van der Waals surface area contributed by atoms with Crippen molar-refractivity contribution in [3.05, 3.63) is 33.3 Å². The third kappa shape index (κ3) is 2.90. The molecule has 4 nitrogen and oxygen atoms in total. The molecular formula is C11H11BrClNO3. The van der Waals surface area contributed by atoms with Crippen LogP contribution in [0.5, 0.6) is 5.75 Å². The van der Waals surface area contributed by atoms with Gasteiger partial charge in [0.15, 0.2) is 0 Å². The highest BCUT2D eigenvalue weighted by Gasteiger charge is 2.42. The summed E-state index contributed by atoms with van der Waals surface area (Å²) in [5, 5.41) is 11.9. The Morgan fingerprint density at radius 1 is 1.53 bits per heavy atom. The van der Waals surface area contributed by atoms with Crippen LogP contribution in [-0.2, 0) is 0 Å². The largest absolute Gasteiger partial charge is 0.491 e. The third-order valence-electron chi connectivity index (χ3n) is 2.90. The van der Waals surface area contributed by atoms with Gasteiger partial charge in [-0.05, 0) is 18.9 Å². The van der Waals surface area contributed by atoms with Crippen molar-refractivity contribution in [2.24, 2.45) is 5.41 Å². The molecule has 0 atom stereocenters. The maximum Gasteiger partial charge on any atom is 0.273 e. The standard InChI is InChI=1S/C11H11BrClNO3/c12-6-11(3-4-11)7-17-10-5-8(14(15)16)1-2-9(10)13/h1-2,5H,3-4,6-7H2. The molecule has 6 heteroatoms. The van der Waals surface area contributed by atoms with Crippen molar-refractivity contribution < 1.29 is 9.66 Å². The molecule has 1 aromatic carbocycles. The van der Waals surface area contributed by atoms with E-state index in [1.807, 2.05) is 0 Å². The summed E-state index contributed by atoms with van der Waals surface area (Å²) in [4.78, 5) is 10.2. The van der Waals surface area contributed by atoms with Crippen LogP contribution in [0.4, 0.5) is 5.69 Å². The molecule has 0 saturated heterocycles. The molecule has 0 radical (unpaired) electrons. The second kappa shape index (κ2) is 4.82. The van der Waals surface area contributed by atoms with Crippen LogP contribution in [0.2, 0.25) is 5.02 Å². The molecule has 0 heterocycles. The molecule has 1 saturated carbocycles. The van der Waals surface area contributed by atoms with Gasteiger partial charge in [-0.1, -0.05) is 27.5 Å². The second-order valence-electron chi connectivity index (χ2n) is 4.29. The predicted octanol–water partition coefficient (Wildman–Crippen LogP) is 3.80. The van der Waals surface area contributed by atoms with Gasteiger partial charge in [0.05, 0.1) is 22.6 Å². The van der Waals surface area contributed by atoms with Crippen molar-refractivity contribution in [1.82, 2.24) is 0 Å². The second-order valence-corrected chi connectivity index (χ2v) is 5.26. The molecule has 0 unspecified atom stereocenters. The van der Waals surface area contributed by atoms with E-state index in [4.69, 9.17) is 16.3 Å². The zero-order valence-electron chi connectivity index (χ0n) is 8.99. The molecule has 1 aliphatic rings. The SMILES string of the molecule is O=[N+]([O-])c1ccc(Cl)c(OCC2(CBr)CC2)c1. The number of alkyl halides is 1. The quantitative estimate of drug-likeness (QED) is 0.471. The number of nitro benzene ring substituents is 1. The first-order chi connectivity index (χ1) is 8.06. The molecule has 0 aliphatic heterocycles. The van der Waals surface area contributed by atoms with E-state index in [-0.39, 0.29) is 11.1 Å². The fourth-order valence-corrected chi connectivity index (χ4v) is 2.34. The van der Waals surface area contributed by atoms with E-state index in [1.54, 1.807) is 0 Å². The predicted molar refractivity (Wildman–Crippen MR) is 69.1 cm³/mol. The number of benzene rings is 1. The van der Waals surface area contributed by atoms with Crippen molar-refractivity contribution in [2.75, 3.05) is 11.9 Å². The highest BCUT2D eigenvalue weighted by molar-refractivity contribution is 9.09. The highest BCUT2D eigenvalue weighted by Crippen LogP contribution is 2.47. The van der Waals surface area contributed by atoms with Crippen molar-refractivity contribution >= 4 is 33.2 Å². The Hall–Kier alpha value is -0.810. The van der Waals surface area contributed by atoms with Crippen molar-refractivity contribution in [3.63, 3.8) is 0 Å². The summed E-state index contributed by atoms with van der Waals surface area (Å²) in [6.45, 7) is 0.541. The van der Waals surface area contributed by atoms with E-state index in [9.17, 15) is 10.1 Å². The minimum atomic E-state index is -0.458. The molecule has 17 heavy (non-hydrogen) atoms. The van der Waals surface area contributed by atoms with Crippen LogP contribution >= 0.6 is 27.5 Å². The zero-order valence-corrected chi connectivity index (χ0v) is 11.3. The first kappa shape index (κ1) is 12.6. The Morgan fingerprint density at radius 2 is 2.24 bits per heavy atom. The number of nitrogens with zero attached hydrogens (tertiary/aromatic N) is 1. The Bertz CT molecular complexity index is 448. The van der Waals surface area contributed by atoms with Gasteiger partial charge in [-0.25, -0.2) is 0 Å². The normalized spacial score (nSPS) is 16.6. The maximum atomic E-state index is 10.6. The first-order valence-electron chi connectivity index (χ1n) is 5.19. The van der Waals surface area contributed by atoms with E-state index in [0.29, 0.717) is 17.4 Å². The number of hydrogen-bond donors (Lipinski definition) is 0. The summed E-state index contributed by atoms with van der Waals surface area (Å²) < 4.78 is 5.58. The van der Waals surface area contributed by atoms with Crippen molar-refractivity contribution in [2.45, 2.75) is 12.8 Å². The van der Waals surface area contributed by atoms with E-state index in [1.165, 1.54) is 18.2 Å². The van der Waals surface area contributed by atoms with Crippen LogP contribution in [0.15, 0.2) is 18.2 Å². The van der Waals surface area contributed by atoms with E-state index in [2.05, 4.69) is 15.9 Å². The van der Waals surface area contributed by atoms with Crippen LogP contribution in [0.3, 0.4) is 0 Å². The Balaban J connectivity index is 2.09. The molecule has 92 valence electrons. The number of halogens is 2. The van der Waals surface area contributed by atoms with Gasteiger partial charge < -0.3 is 4.74 Å². The lowest BCUT2D eigenvalue weighted by Crippen LogP contribution is -2.14. The number of hydrogen-bond acceptors (Lipinski definition) is 3. The molecule has 1 aromatic rings. The van der Waals surface area contributed by atoms with E-state index < -0.39 is 4.92 Å². The van der Waals surface area contributed by atoms with Gasteiger partial charge in [0, 0.05) is 16.8 Å². The number of non-ortho nitro benzene ring substituents is 1. The molecule has 2 rings (SSSR count). The molecule has 0 aromatic heterocycles. The lowest BCUT2D eigenvalue weighted by molar-refractivity contribution is -0.384. The Labute approximate surface area is 112 Å². The van der Waals surface area contributed by atoms with Gasteiger partial charge in [-0.15, -0.1) is 0 Å². The minimum absolute atomic E-state index is 0.00640. The van der Waals surface area contributed by atoms with Gasteiger partial charge in [0.25, 0.3) is 5.69 Å². The minimum Gasteiger partial charge on any atom is -0.491 e. The number of ether oxygens (including phenoxy) is 1. The molecule has 1 fully saturated rings. The molecule has 1 aliphatic carbocycles. The maximum absolute atomic E-state index is 10.6.